The van der Waals surface area contributed by atoms with Crippen molar-refractivity contribution in [3.63, 3.8) is 0 Å². The van der Waals surface area contributed by atoms with Crippen LogP contribution in [0.25, 0.3) is 0 Å². The molecule has 5 nitrogen and oxygen atoms in total. The van der Waals surface area contributed by atoms with Crippen LogP contribution < -0.4 is 10.6 Å². The van der Waals surface area contributed by atoms with Gasteiger partial charge in [0, 0.05) is 43.7 Å². The molecule has 0 aliphatic heterocycles. The number of benzene rings is 1. The molecule has 2 N–H and O–H groups in total. The summed E-state index contributed by atoms with van der Waals surface area (Å²) in [5, 5.41) is 8.48. The van der Waals surface area contributed by atoms with Gasteiger partial charge in [-0.05, 0) is 48.9 Å². The number of hydrogen-bond acceptors (Lipinski definition) is 3. The molecule has 0 fully saturated rings. The van der Waals surface area contributed by atoms with E-state index in [9.17, 15) is 4.79 Å². The maximum absolute atomic E-state index is 12.1. The monoisotopic (exact) mass is 514 g/mol. The van der Waals surface area contributed by atoms with Crippen molar-refractivity contribution < 1.29 is 4.79 Å². The highest BCUT2D eigenvalue weighted by atomic mass is 127. The molecular weight excluding hydrogens is 483 g/mol. The minimum absolute atomic E-state index is 0. The van der Waals surface area contributed by atoms with Crippen molar-refractivity contribution in [3.8, 4) is 0 Å². The maximum Gasteiger partial charge on any atom is 0.251 e. The first-order chi connectivity index (χ1) is 13.0. The van der Waals surface area contributed by atoms with Gasteiger partial charge < -0.3 is 15.5 Å². The summed E-state index contributed by atoms with van der Waals surface area (Å²) in [5.74, 6) is 0.845. The van der Waals surface area contributed by atoms with Crippen LogP contribution >= 0.6 is 35.3 Å². The van der Waals surface area contributed by atoms with E-state index in [2.05, 4.69) is 45.0 Å². The van der Waals surface area contributed by atoms with Gasteiger partial charge in [-0.3, -0.25) is 9.79 Å². The average Bonchev–Trinajstić information content (AvgIpc) is 3.20. The van der Waals surface area contributed by atoms with E-state index in [4.69, 9.17) is 0 Å². The molecule has 1 unspecified atom stereocenters. The van der Waals surface area contributed by atoms with Crippen molar-refractivity contribution >= 4 is 47.2 Å². The molecule has 0 saturated heterocycles. The molecule has 154 valence electrons. The first kappa shape index (κ1) is 24.4. The highest BCUT2D eigenvalue weighted by molar-refractivity contribution is 14.0. The zero-order valence-electron chi connectivity index (χ0n) is 17.1. The molecule has 0 saturated carbocycles. The lowest BCUT2D eigenvalue weighted by Crippen LogP contribution is -2.39. The number of rotatable bonds is 8. The molecule has 28 heavy (non-hydrogen) atoms. The first-order valence-corrected chi connectivity index (χ1v) is 10.3. The maximum atomic E-state index is 12.1. The molecule has 7 heteroatoms. The molecule has 1 heterocycles. The molecule has 2 aromatic rings. The lowest BCUT2D eigenvalue weighted by Gasteiger charge is -2.22. The lowest BCUT2D eigenvalue weighted by atomic mass is 10.1. The van der Waals surface area contributed by atoms with Crippen LogP contribution in [0, 0.1) is 0 Å². The van der Waals surface area contributed by atoms with Gasteiger partial charge in [0.1, 0.15) is 0 Å². The fourth-order valence-electron chi connectivity index (χ4n) is 2.59. The summed E-state index contributed by atoms with van der Waals surface area (Å²) in [6.45, 7) is 5.65. The van der Waals surface area contributed by atoms with Gasteiger partial charge in [-0.15, -0.1) is 35.3 Å². The number of nitrogens with zero attached hydrogens (tertiary/aromatic N) is 2. The Kier molecular flexibility index (Phi) is 11.1. The summed E-state index contributed by atoms with van der Waals surface area (Å²) in [7, 11) is 3.84. The van der Waals surface area contributed by atoms with Gasteiger partial charge in [0.05, 0.1) is 0 Å². The van der Waals surface area contributed by atoms with E-state index in [0.717, 1.165) is 30.9 Å². The van der Waals surface area contributed by atoms with Gasteiger partial charge in [-0.1, -0.05) is 25.1 Å². The Morgan fingerprint density at radius 1 is 1.25 bits per heavy atom. The third kappa shape index (κ3) is 7.79. The number of carbonyl (C=O) groups excluding carboxylic acids is 1. The summed E-state index contributed by atoms with van der Waals surface area (Å²) in [6.07, 6.45) is 1.93. The summed E-state index contributed by atoms with van der Waals surface area (Å²) in [4.78, 5) is 20.0. The van der Waals surface area contributed by atoms with E-state index in [1.54, 1.807) is 18.4 Å². The van der Waals surface area contributed by atoms with Crippen LogP contribution in [0.4, 0.5) is 0 Å². The Balaban J connectivity index is 0.00000392. The van der Waals surface area contributed by atoms with Crippen LogP contribution in [-0.4, -0.2) is 43.4 Å². The predicted octanol–water partition coefficient (Wildman–Crippen LogP) is 4.14. The van der Waals surface area contributed by atoms with E-state index in [-0.39, 0.29) is 35.9 Å². The number of carbonyl (C=O) groups is 1. The van der Waals surface area contributed by atoms with E-state index < -0.39 is 0 Å². The van der Waals surface area contributed by atoms with Gasteiger partial charge in [-0.2, -0.15) is 0 Å². The van der Waals surface area contributed by atoms with Gasteiger partial charge in [0.15, 0.2) is 5.96 Å². The molecule has 0 bridgehead atoms. The Hall–Kier alpha value is -1.61. The number of likely N-dealkylation sites (N-methyl/N-ethyl adjacent to an activating group) is 1. The Labute approximate surface area is 189 Å². The van der Waals surface area contributed by atoms with Crippen molar-refractivity contribution in [3.05, 3.63) is 57.8 Å². The van der Waals surface area contributed by atoms with Crippen molar-refractivity contribution in [1.82, 2.24) is 15.5 Å². The number of thiophene rings is 1. The van der Waals surface area contributed by atoms with Gasteiger partial charge in [-0.25, -0.2) is 0 Å². The number of aliphatic imine (C=N–C) groups is 1. The number of amides is 1. The predicted molar refractivity (Wildman–Crippen MR) is 130 cm³/mol. The molecule has 0 aliphatic carbocycles. The second-order valence-corrected chi connectivity index (χ2v) is 7.66. The molecule has 1 amide bonds. The fourth-order valence-corrected chi connectivity index (χ4v) is 3.29. The smallest absolute Gasteiger partial charge is 0.251 e. The minimum Gasteiger partial charge on any atom is -0.352 e. The van der Waals surface area contributed by atoms with Crippen LogP contribution in [0.2, 0.25) is 0 Å². The number of halogens is 1. The Bertz CT molecular complexity index is 731. The molecule has 1 aromatic carbocycles. The molecule has 1 atom stereocenters. The second kappa shape index (κ2) is 12.8. The van der Waals surface area contributed by atoms with Crippen LogP contribution in [0.1, 0.15) is 41.1 Å². The number of nitrogens with one attached hydrogen (secondary N) is 2. The lowest BCUT2D eigenvalue weighted by molar-refractivity contribution is 0.0939. The highest BCUT2D eigenvalue weighted by Crippen LogP contribution is 2.10. The summed E-state index contributed by atoms with van der Waals surface area (Å²) in [6, 6.07) is 12.1. The van der Waals surface area contributed by atoms with Gasteiger partial charge in [0.2, 0.25) is 0 Å². The SMILES string of the molecule is CCC(C)NC(=O)c1ccc(CNC(=NC)N(C)CCc2cccs2)cc1.I. The molecule has 2 rings (SSSR count). The van der Waals surface area contributed by atoms with E-state index in [1.807, 2.05) is 38.2 Å². The largest absolute Gasteiger partial charge is 0.352 e. The zero-order valence-corrected chi connectivity index (χ0v) is 20.2. The van der Waals surface area contributed by atoms with Gasteiger partial charge >= 0.3 is 0 Å². The zero-order chi connectivity index (χ0) is 19.6. The summed E-state index contributed by atoms with van der Waals surface area (Å²) >= 11 is 1.78. The van der Waals surface area contributed by atoms with E-state index in [1.165, 1.54) is 4.88 Å². The highest BCUT2D eigenvalue weighted by Gasteiger charge is 2.09. The van der Waals surface area contributed by atoms with Crippen LogP contribution in [0.3, 0.4) is 0 Å². The van der Waals surface area contributed by atoms with E-state index >= 15 is 0 Å². The van der Waals surface area contributed by atoms with Crippen molar-refractivity contribution in [2.75, 3.05) is 20.6 Å². The van der Waals surface area contributed by atoms with Crippen LogP contribution in [0.5, 0.6) is 0 Å². The summed E-state index contributed by atoms with van der Waals surface area (Å²) in [5.41, 5.74) is 1.80. The standard InChI is InChI=1S/C21H30N4OS.HI/c1-5-16(2)24-20(26)18-10-8-17(9-11-18)15-23-21(22-3)25(4)13-12-19-7-6-14-27-19;/h6-11,14,16H,5,12-13,15H2,1-4H3,(H,22,23)(H,24,26);1H. The molecule has 0 aliphatic rings. The fraction of sp³-hybridized carbons (Fsp3) is 0.429. The topological polar surface area (TPSA) is 56.7 Å². The van der Waals surface area contributed by atoms with Crippen molar-refractivity contribution in [2.24, 2.45) is 4.99 Å². The van der Waals surface area contributed by atoms with Crippen LogP contribution in [0.15, 0.2) is 46.8 Å². The third-order valence-corrected chi connectivity index (χ3v) is 5.44. The normalized spacial score (nSPS) is 12.1. The summed E-state index contributed by atoms with van der Waals surface area (Å²) < 4.78 is 0. The molecule has 0 spiro atoms. The molecule has 1 aromatic heterocycles. The quantitative estimate of drug-likeness (QED) is 0.316. The van der Waals surface area contributed by atoms with Crippen LogP contribution in [-0.2, 0) is 13.0 Å². The molecule has 0 radical (unpaired) electrons. The molecular formula is C21H31IN4OS. The number of guanidine groups is 1. The van der Waals surface area contributed by atoms with Gasteiger partial charge in [0.25, 0.3) is 5.91 Å². The first-order valence-electron chi connectivity index (χ1n) is 9.37. The minimum atomic E-state index is -0.0204. The average molecular weight is 514 g/mol. The second-order valence-electron chi connectivity index (χ2n) is 6.63. The van der Waals surface area contributed by atoms with Crippen molar-refractivity contribution in [1.29, 1.82) is 0 Å². The number of hydrogen-bond donors (Lipinski definition) is 2. The Morgan fingerprint density at radius 3 is 2.54 bits per heavy atom. The third-order valence-electron chi connectivity index (χ3n) is 4.50. The van der Waals surface area contributed by atoms with E-state index in [0.29, 0.717) is 12.1 Å². The van der Waals surface area contributed by atoms with Crippen molar-refractivity contribution in [2.45, 2.75) is 39.3 Å². The Morgan fingerprint density at radius 2 is 1.96 bits per heavy atom.